The van der Waals surface area contributed by atoms with Gasteiger partial charge in [-0.2, -0.15) is 0 Å². The van der Waals surface area contributed by atoms with Crippen molar-refractivity contribution in [1.29, 1.82) is 0 Å². The van der Waals surface area contributed by atoms with Gasteiger partial charge in [-0.15, -0.1) is 0 Å². The molecule has 0 unspecified atom stereocenters. The van der Waals surface area contributed by atoms with Gasteiger partial charge in [0.2, 0.25) is 10.0 Å². The maximum atomic E-state index is 12.2. The molecule has 3 N–H and O–H groups in total. The number of amides is 1. The molecule has 1 saturated carbocycles. The number of carbonyl (C=O) groups is 1. The lowest BCUT2D eigenvalue weighted by atomic mass is 10.2. The Labute approximate surface area is 125 Å². The van der Waals surface area contributed by atoms with E-state index in [1.165, 1.54) is 25.1 Å². The van der Waals surface area contributed by atoms with Crippen LogP contribution in [0.4, 0.5) is 0 Å². The molecule has 2 rings (SSSR count). The second-order valence-electron chi connectivity index (χ2n) is 5.95. The minimum absolute atomic E-state index is 0.0206. The summed E-state index contributed by atoms with van der Waals surface area (Å²) < 4.78 is 24.5. The van der Waals surface area contributed by atoms with Gasteiger partial charge in [0.05, 0.1) is 0 Å². The molecule has 1 aromatic heterocycles. The van der Waals surface area contributed by atoms with Crippen molar-refractivity contribution in [3.05, 3.63) is 18.0 Å². The number of rotatable bonds is 7. The first kappa shape index (κ1) is 16.0. The van der Waals surface area contributed by atoms with Crippen LogP contribution in [0.15, 0.2) is 17.2 Å². The van der Waals surface area contributed by atoms with Crippen LogP contribution in [-0.4, -0.2) is 25.4 Å². The van der Waals surface area contributed by atoms with Crippen molar-refractivity contribution in [2.45, 2.75) is 50.5 Å². The molecule has 0 aromatic carbocycles. The molecule has 21 heavy (non-hydrogen) atoms. The Bertz CT molecular complexity index is 615. The number of hydrogen-bond acceptors (Lipinski definition) is 3. The van der Waals surface area contributed by atoms with Crippen LogP contribution in [-0.2, 0) is 10.0 Å². The van der Waals surface area contributed by atoms with Crippen molar-refractivity contribution in [1.82, 2.24) is 9.88 Å². The van der Waals surface area contributed by atoms with Crippen molar-refractivity contribution in [2.24, 2.45) is 11.1 Å². The average Bonchev–Trinajstić information content (AvgIpc) is 3.07. The zero-order valence-electron chi connectivity index (χ0n) is 12.5. The van der Waals surface area contributed by atoms with Crippen LogP contribution in [0.2, 0.25) is 0 Å². The smallest absolute Gasteiger partial charge is 0.267 e. The van der Waals surface area contributed by atoms with Gasteiger partial charge >= 0.3 is 0 Å². The maximum absolute atomic E-state index is 12.2. The monoisotopic (exact) mass is 313 g/mol. The Balaban J connectivity index is 2.05. The van der Waals surface area contributed by atoms with Crippen molar-refractivity contribution in [3.8, 4) is 0 Å². The molecule has 1 aliphatic carbocycles. The topological polar surface area (TPSA) is 94.2 Å². The molecule has 6 nitrogen and oxygen atoms in total. The highest BCUT2D eigenvalue weighted by molar-refractivity contribution is 7.89. The summed E-state index contributed by atoms with van der Waals surface area (Å²) in [4.78, 5) is 12.2. The van der Waals surface area contributed by atoms with E-state index >= 15 is 0 Å². The first-order valence-electron chi connectivity index (χ1n) is 7.32. The number of hydrogen-bond donors (Lipinski definition) is 2. The third-order valence-electron chi connectivity index (χ3n) is 3.71. The molecular formula is C14H23N3O3S. The Morgan fingerprint density at radius 3 is 2.67 bits per heavy atom. The Morgan fingerprint density at radius 2 is 2.14 bits per heavy atom. The highest BCUT2D eigenvalue weighted by Crippen LogP contribution is 2.33. The van der Waals surface area contributed by atoms with E-state index in [1.807, 2.05) is 13.8 Å². The van der Waals surface area contributed by atoms with Gasteiger partial charge in [0.15, 0.2) is 0 Å². The third kappa shape index (κ3) is 4.31. The molecule has 0 saturated heterocycles. The summed E-state index contributed by atoms with van der Waals surface area (Å²) in [5.74, 6) is 0.588. The van der Waals surface area contributed by atoms with Crippen LogP contribution in [0.1, 0.15) is 56.1 Å². The number of nitrogens with zero attached hydrogens (tertiary/aromatic N) is 1. The molecule has 1 aromatic rings. The fourth-order valence-corrected chi connectivity index (χ4v) is 2.84. The number of sulfonamides is 1. The molecule has 7 heteroatoms. The van der Waals surface area contributed by atoms with E-state index in [0.717, 1.165) is 18.8 Å². The van der Waals surface area contributed by atoms with Gasteiger partial charge < -0.3 is 9.88 Å². The highest BCUT2D eigenvalue weighted by Gasteiger charge is 2.22. The summed E-state index contributed by atoms with van der Waals surface area (Å²) >= 11 is 0. The summed E-state index contributed by atoms with van der Waals surface area (Å²) in [6, 6.07) is 1.32. The normalized spacial score (nSPS) is 15.4. The zero-order chi connectivity index (χ0) is 15.6. The van der Waals surface area contributed by atoms with E-state index in [0.29, 0.717) is 12.2 Å². The molecule has 0 spiro atoms. The molecular weight excluding hydrogens is 290 g/mol. The van der Waals surface area contributed by atoms with E-state index in [1.54, 1.807) is 4.57 Å². The van der Waals surface area contributed by atoms with Gasteiger partial charge in [-0.3, -0.25) is 4.79 Å². The van der Waals surface area contributed by atoms with Gasteiger partial charge in [-0.05, 0) is 38.7 Å². The molecule has 1 heterocycles. The molecule has 0 atom stereocenters. The molecule has 0 radical (unpaired) electrons. The van der Waals surface area contributed by atoms with Crippen LogP contribution >= 0.6 is 0 Å². The minimum atomic E-state index is -3.80. The standard InChI is InChI=1S/C14H23N3O3S/c1-10(2)17-9-12(21(15,19)20)8-13(17)14(18)16-7-3-4-11-5-6-11/h8-11H,3-7H2,1-2H3,(H,16,18)(H2,15,19,20). The second kappa shape index (κ2) is 6.19. The van der Waals surface area contributed by atoms with Crippen molar-refractivity contribution < 1.29 is 13.2 Å². The lowest BCUT2D eigenvalue weighted by Crippen LogP contribution is -2.27. The maximum Gasteiger partial charge on any atom is 0.267 e. The second-order valence-corrected chi connectivity index (χ2v) is 7.51. The predicted octanol–water partition coefficient (Wildman–Crippen LogP) is 1.64. The number of nitrogens with one attached hydrogen (secondary N) is 1. The van der Waals surface area contributed by atoms with Crippen LogP contribution in [0, 0.1) is 5.92 Å². The van der Waals surface area contributed by atoms with Gasteiger partial charge in [0, 0.05) is 18.8 Å². The Kier molecular flexibility index (Phi) is 4.73. The molecule has 118 valence electrons. The number of nitrogens with two attached hydrogens (primary N) is 1. The molecule has 1 fully saturated rings. The molecule has 1 aliphatic rings. The van der Waals surface area contributed by atoms with E-state index in [4.69, 9.17) is 5.14 Å². The van der Waals surface area contributed by atoms with E-state index in [2.05, 4.69) is 5.32 Å². The van der Waals surface area contributed by atoms with Crippen LogP contribution in [0.5, 0.6) is 0 Å². The van der Waals surface area contributed by atoms with Crippen LogP contribution < -0.4 is 10.5 Å². The van der Waals surface area contributed by atoms with E-state index in [9.17, 15) is 13.2 Å². The minimum Gasteiger partial charge on any atom is -0.351 e. The number of carbonyl (C=O) groups excluding carboxylic acids is 1. The largest absolute Gasteiger partial charge is 0.351 e. The number of primary sulfonamides is 1. The summed E-state index contributed by atoms with van der Waals surface area (Å²) in [5, 5.41) is 7.98. The lowest BCUT2D eigenvalue weighted by molar-refractivity contribution is 0.0942. The lowest BCUT2D eigenvalue weighted by Gasteiger charge is -2.12. The molecule has 1 amide bonds. The SMILES string of the molecule is CC(C)n1cc(S(N)(=O)=O)cc1C(=O)NCCCC1CC1. The van der Waals surface area contributed by atoms with Crippen LogP contribution in [0.25, 0.3) is 0 Å². The van der Waals surface area contributed by atoms with Gasteiger partial charge in [0.25, 0.3) is 5.91 Å². The fraction of sp³-hybridized carbons (Fsp3) is 0.643. The van der Waals surface area contributed by atoms with E-state index in [-0.39, 0.29) is 16.8 Å². The van der Waals surface area contributed by atoms with Crippen LogP contribution in [0.3, 0.4) is 0 Å². The third-order valence-corrected chi connectivity index (χ3v) is 4.59. The first-order valence-corrected chi connectivity index (χ1v) is 8.86. The first-order chi connectivity index (χ1) is 9.79. The summed E-state index contributed by atoms with van der Waals surface area (Å²) in [6.07, 6.45) is 6.14. The predicted molar refractivity (Wildman–Crippen MR) is 80.5 cm³/mol. The fourth-order valence-electron chi connectivity index (χ4n) is 2.31. The molecule has 0 aliphatic heterocycles. The highest BCUT2D eigenvalue weighted by atomic mass is 32.2. The average molecular weight is 313 g/mol. The molecule has 0 bridgehead atoms. The van der Waals surface area contributed by atoms with Crippen molar-refractivity contribution >= 4 is 15.9 Å². The van der Waals surface area contributed by atoms with Crippen molar-refractivity contribution in [3.63, 3.8) is 0 Å². The van der Waals surface area contributed by atoms with Gasteiger partial charge in [-0.1, -0.05) is 12.8 Å². The summed E-state index contributed by atoms with van der Waals surface area (Å²) in [5.41, 5.74) is 0.334. The summed E-state index contributed by atoms with van der Waals surface area (Å²) in [6.45, 7) is 4.39. The Hall–Kier alpha value is -1.34. The quantitative estimate of drug-likeness (QED) is 0.749. The number of aromatic nitrogens is 1. The van der Waals surface area contributed by atoms with E-state index < -0.39 is 10.0 Å². The van der Waals surface area contributed by atoms with Gasteiger partial charge in [-0.25, -0.2) is 13.6 Å². The Morgan fingerprint density at radius 1 is 1.48 bits per heavy atom. The summed E-state index contributed by atoms with van der Waals surface area (Å²) in [7, 11) is -3.80. The van der Waals surface area contributed by atoms with Gasteiger partial charge in [0.1, 0.15) is 10.6 Å². The zero-order valence-corrected chi connectivity index (χ0v) is 13.3. The van der Waals surface area contributed by atoms with Crippen molar-refractivity contribution in [2.75, 3.05) is 6.54 Å².